The lowest BCUT2D eigenvalue weighted by molar-refractivity contribution is -0.115. The molecule has 3 aromatic carbocycles. The second-order valence-corrected chi connectivity index (χ2v) is 8.27. The van der Waals surface area contributed by atoms with Crippen molar-refractivity contribution >= 4 is 23.4 Å². The van der Waals surface area contributed by atoms with Gasteiger partial charge >= 0.3 is 0 Å². The van der Waals surface area contributed by atoms with Gasteiger partial charge in [-0.2, -0.15) is 0 Å². The van der Waals surface area contributed by atoms with Crippen LogP contribution in [0.4, 0.5) is 10.1 Å². The first-order valence-corrected chi connectivity index (χ1v) is 10.8. The van der Waals surface area contributed by atoms with Crippen LogP contribution < -0.4 is 10.1 Å². The average Bonchev–Trinajstić information content (AvgIpc) is 3.23. The molecule has 0 aliphatic heterocycles. The Morgan fingerprint density at radius 3 is 2.47 bits per heavy atom. The van der Waals surface area contributed by atoms with Gasteiger partial charge in [-0.1, -0.05) is 36.0 Å². The summed E-state index contributed by atoms with van der Waals surface area (Å²) in [6.07, 6.45) is 0. The van der Waals surface area contributed by atoms with Crippen molar-refractivity contribution < 1.29 is 13.9 Å². The van der Waals surface area contributed by atoms with Crippen LogP contribution in [0.1, 0.15) is 6.92 Å². The highest BCUT2D eigenvalue weighted by molar-refractivity contribution is 8.00. The van der Waals surface area contributed by atoms with E-state index in [1.165, 1.54) is 23.9 Å². The maximum atomic E-state index is 13.4. The number of hydrogen-bond acceptors (Lipinski definition) is 5. The number of aromatic nitrogens is 3. The fourth-order valence-electron chi connectivity index (χ4n) is 3.10. The number of para-hydroxylation sites is 1. The smallest absolute Gasteiger partial charge is 0.237 e. The topological polar surface area (TPSA) is 69.0 Å². The molecule has 1 amide bonds. The number of carbonyl (C=O) groups is 1. The van der Waals surface area contributed by atoms with Gasteiger partial charge in [-0.3, -0.25) is 9.36 Å². The van der Waals surface area contributed by atoms with Crippen LogP contribution in [0.3, 0.4) is 0 Å². The molecule has 0 spiro atoms. The Hall–Kier alpha value is -3.65. The van der Waals surface area contributed by atoms with Crippen molar-refractivity contribution in [3.05, 3.63) is 84.7 Å². The van der Waals surface area contributed by atoms with Gasteiger partial charge in [0.1, 0.15) is 11.6 Å². The molecular weight excluding hydrogens is 427 g/mol. The maximum absolute atomic E-state index is 13.4. The molecule has 1 aromatic heterocycles. The van der Waals surface area contributed by atoms with Gasteiger partial charge in [0, 0.05) is 16.9 Å². The molecule has 0 aliphatic rings. The molecule has 0 saturated heterocycles. The van der Waals surface area contributed by atoms with E-state index in [0.717, 1.165) is 17.0 Å². The van der Waals surface area contributed by atoms with Crippen molar-refractivity contribution in [3.8, 4) is 22.8 Å². The van der Waals surface area contributed by atoms with E-state index in [1.807, 2.05) is 59.2 Å². The molecule has 162 valence electrons. The minimum atomic E-state index is -0.492. The molecule has 8 heteroatoms. The largest absolute Gasteiger partial charge is 0.497 e. The maximum Gasteiger partial charge on any atom is 0.237 e. The molecule has 0 aliphatic carbocycles. The first-order chi connectivity index (χ1) is 15.5. The van der Waals surface area contributed by atoms with Crippen molar-refractivity contribution in [1.29, 1.82) is 0 Å². The number of amides is 1. The molecular formula is C24H21FN4O2S. The number of halogens is 1. The van der Waals surface area contributed by atoms with E-state index >= 15 is 0 Å². The van der Waals surface area contributed by atoms with E-state index in [0.29, 0.717) is 16.7 Å². The normalized spacial score (nSPS) is 11.7. The molecule has 4 aromatic rings. The van der Waals surface area contributed by atoms with E-state index in [-0.39, 0.29) is 5.91 Å². The van der Waals surface area contributed by atoms with E-state index < -0.39 is 11.1 Å². The molecule has 0 radical (unpaired) electrons. The van der Waals surface area contributed by atoms with Crippen LogP contribution in [0, 0.1) is 5.82 Å². The van der Waals surface area contributed by atoms with Crippen LogP contribution >= 0.6 is 11.8 Å². The summed E-state index contributed by atoms with van der Waals surface area (Å²) in [5.74, 6) is 0.737. The number of ether oxygens (including phenoxy) is 1. The number of rotatable bonds is 7. The third-order valence-corrected chi connectivity index (χ3v) is 5.78. The highest BCUT2D eigenvalue weighted by Crippen LogP contribution is 2.31. The minimum absolute atomic E-state index is 0.255. The van der Waals surface area contributed by atoms with Crippen LogP contribution in [0.25, 0.3) is 17.1 Å². The van der Waals surface area contributed by atoms with Gasteiger partial charge < -0.3 is 10.1 Å². The summed E-state index contributed by atoms with van der Waals surface area (Å²) >= 11 is 1.28. The summed E-state index contributed by atoms with van der Waals surface area (Å²) in [5, 5.41) is 11.6. The molecule has 1 heterocycles. The van der Waals surface area contributed by atoms with Crippen molar-refractivity contribution in [2.75, 3.05) is 12.4 Å². The second-order valence-electron chi connectivity index (χ2n) is 6.97. The molecule has 1 unspecified atom stereocenters. The van der Waals surface area contributed by atoms with Crippen LogP contribution in [0.5, 0.6) is 5.75 Å². The van der Waals surface area contributed by atoms with Crippen LogP contribution in [0.15, 0.2) is 84.0 Å². The summed E-state index contributed by atoms with van der Waals surface area (Å²) in [6.45, 7) is 1.77. The average molecular weight is 449 g/mol. The fraction of sp³-hybridized carbons (Fsp3) is 0.125. The minimum Gasteiger partial charge on any atom is -0.497 e. The van der Waals surface area contributed by atoms with Crippen molar-refractivity contribution in [3.63, 3.8) is 0 Å². The second kappa shape index (κ2) is 9.65. The Balaban J connectivity index is 1.63. The Kier molecular flexibility index (Phi) is 6.51. The number of hydrogen-bond donors (Lipinski definition) is 1. The Bertz CT molecular complexity index is 1210. The molecule has 6 nitrogen and oxygen atoms in total. The zero-order valence-electron chi connectivity index (χ0n) is 17.5. The third-order valence-electron chi connectivity index (χ3n) is 4.74. The summed E-state index contributed by atoms with van der Waals surface area (Å²) in [7, 11) is 1.62. The number of anilines is 1. The van der Waals surface area contributed by atoms with Crippen molar-refractivity contribution in [1.82, 2.24) is 14.8 Å². The number of nitrogens with zero attached hydrogens (tertiary/aromatic N) is 3. The van der Waals surface area contributed by atoms with Gasteiger partial charge in [0.2, 0.25) is 5.91 Å². The monoisotopic (exact) mass is 448 g/mol. The first-order valence-electron chi connectivity index (χ1n) is 9.93. The predicted molar refractivity (Wildman–Crippen MR) is 124 cm³/mol. The van der Waals surface area contributed by atoms with E-state index in [9.17, 15) is 9.18 Å². The Morgan fingerprint density at radius 2 is 1.78 bits per heavy atom. The van der Waals surface area contributed by atoms with Crippen LogP contribution in [-0.4, -0.2) is 33.0 Å². The van der Waals surface area contributed by atoms with Gasteiger partial charge in [-0.25, -0.2) is 4.39 Å². The standard InChI is InChI=1S/C24H21FN4O2S/c1-16(23(30)26-19-8-6-7-18(25)15-19)32-24-28-27-22(17-11-13-21(31-2)14-12-17)29(24)20-9-4-3-5-10-20/h3-16H,1-2H3,(H,26,30). The summed E-state index contributed by atoms with van der Waals surface area (Å²) < 4.78 is 20.6. The lowest BCUT2D eigenvalue weighted by atomic mass is 10.2. The lowest BCUT2D eigenvalue weighted by Crippen LogP contribution is -2.23. The van der Waals surface area contributed by atoms with Crippen molar-refractivity contribution in [2.24, 2.45) is 0 Å². The van der Waals surface area contributed by atoms with Gasteiger partial charge in [0.05, 0.1) is 12.4 Å². The molecule has 0 saturated carbocycles. The SMILES string of the molecule is COc1ccc(-c2nnc(SC(C)C(=O)Nc3cccc(F)c3)n2-c2ccccc2)cc1. The molecule has 0 fully saturated rings. The van der Waals surface area contributed by atoms with E-state index in [1.54, 1.807) is 26.2 Å². The number of thioether (sulfide) groups is 1. The fourth-order valence-corrected chi connectivity index (χ4v) is 3.97. The molecule has 1 N–H and O–H groups in total. The Labute approximate surface area is 189 Å². The third kappa shape index (κ3) is 4.81. The van der Waals surface area contributed by atoms with Crippen LogP contribution in [0.2, 0.25) is 0 Å². The van der Waals surface area contributed by atoms with Crippen LogP contribution in [-0.2, 0) is 4.79 Å². The summed E-state index contributed by atoms with van der Waals surface area (Å²) in [5.41, 5.74) is 2.15. The summed E-state index contributed by atoms with van der Waals surface area (Å²) in [6, 6.07) is 23.1. The number of carbonyl (C=O) groups excluding carboxylic acids is 1. The number of benzene rings is 3. The molecule has 0 bridgehead atoms. The highest BCUT2D eigenvalue weighted by atomic mass is 32.2. The molecule has 32 heavy (non-hydrogen) atoms. The van der Waals surface area contributed by atoms with Gasteiger partial charge in [0.15, 0.2) is 11.0 Å². The molecule has 1 atom stereocenters. The lowest BCUT2D eigenvalue weighted by Gasteiger charge is -2.14. The molecule has 4 rings (SSSR count). The number of nitrogens with one attached hydrogen (secondary N) is 1. The summed E-state index contributed by atoms with van der Waals surface area (Å²) in [4.78, 5) is 12.7. The quantitative estimate of drug-likeness (QED) is 0.394. The predicted octanol–water partition coefficient (Wildman–Crippen LogP) is 5.20. The van der Waals surface area contributed by atoms with E-state index in [4.69, 9.17) is 4.74 Å². The highest BCUT2D eigenvalue weighted by Gasteiger charge is 2.22. The zero-order chi connectivity index (χ0) is 22.5. The van der Waals surface area contributed by atoms with Gasteiger partial charge in [-0.05, 0) is 61.5 Å². The Morgan fingerprint density at radius 1 is 1.03 bits per heavy atom. The van der Waals surface area contributed by atoms with Crippen molar-refractivity contribution in [2.45, 2.75) is 17.3 Å². The zero-order valence-corrected chi connectivity index (χ0v) is 18.3. The van der Waals surface area contributed by atoms with Gasteiger partial charge in [0.25, 0.3) is 0 Å². The first kappa shape index (κ1) is 21.6. The van der Waals surface area contributed by atoms with E-state index in [2.05, 4.69) is 15.5 Å². The number of methoxy groups -OCH3 is 1. The van der Waals surface area contributed by atoms with Gasteiger partial charge in [-0.15, -0.1) is 10.2 Å².